The molecule has 1 aromatic carbocycles. The number of aryl methyl sites for hydroxylation is 2. The van der Waals surface area contributed by atoms with Gasteiger partial charge in [0.15, 0.2) is 11.3 Å². The molecule has 1 aliphatic rings. The van der Waals surface area contributed by atoms with E-state index < -0.39 is 0 Å². The molecule has 0 radical (unpaired) electrons. The van der Waals surface area contributed by atoms with Crippen molar-refractivity contribution >= 4 is 22.6 Å². The maximum atomic E-state index is 12.7. The van der Waals surface area contributed by atoms with Crippen molar-refractivity contribution in [2.45, 2.75) is 45.8 Å². The zero-order chi connectivity index (χ0) is 23.5. The number of pyridine rings is 1. The van der Waals surface area contributed by atoms with Crippen molar-refractivity contribution in [1.82, 2.24) is 25.1 Å². The third-order valence-electron chi connectivity index (χ3n) is 6.08. The van der Waals surface area contributed by atoms with Crippen molar-refractivity contribution in [3.8, 4) is 11.5 Å². The van der Waals surface area contributed by atoms with Gasteiger partial charge in [-0.3, -0.25) is 4.79 Å². The SMILES string of the molecule is CCn1ncc2c(NC3CCOCC3)c(-c3nc(C(=O)NCc4ccc(C)cc4)co3)cnc21. The largest absolute Gasteiger partial charge is 0.443 e. The van der Waals surface area contributed by atoms with E-state index in [1.54, 1.807) is 6.20 Å². The van der Waals surface area contributed by atoms with Gasteiger partial charge in [-0.1, -0.05) is 29.8 Å². The number of amides is 1. The number of hydrogen-bond acceptors (Lipinski definition) is 7. The molecule has 1 saturated heterocycles. The molecule has 9 heteroatoms. The molecule has 1 amide bonds. The lowest BCUT2D eigenvalue weighted by molar-refractivity contribution is 0.0904. The van der Waals surface area contributed by atoms with Crippen LogP contribution in [0.15, 0.2) is 47.3 Å². The van der Waals surface area contributed by atoms with Crippen LogP contribution in [0.5, 0.6) is 0 Å². The molecule has 0 bridgehead atoms. The van der Waals surface area contributed by atoms with Crippen molar-refractivity contribution in [3.63, 3.8) is 0 Å². The quantitative estimate of drug-likeness (QED) is 0.430. The second-order valence-electron chi connectivity index (χ2n) is 8.48. The van der Waals surface area contributed by atoms with E-state index in [4.69, 9.17) is 9.15 Å². The molecule has 4 heterocycles. The second kappa shape index (κ2) is 9.64. The van der Waals surface area contributed by atoms with Gasteiger partial charge in [-0.2, -0.15) is 5.10 Å². The number of oxazole rings is 1. The fourth-order valence-electron chi connectivity index (χ4n) is 4.10. The molecule has 0 atom stereocenters. The zero-order valence-corrected chi connectivity index (χ0v) is 19.4. The van der Waals surface area contributed by atoms with Gasteiger partial charge >= 0.3 is 0 Å². The summed E-state index contributed by atoms with van der Waals surface area (Å²) in [6.07, 6.45) is 6.75. The number of ether oxygens (including phenoxy) is 1. The number of nitrogens with one attached hydrogen (secondary N) is 2. The topological polar surface area (TPSA) is 107 Å². The molecule has 0 spiro atoms. The highest BCUT2D eigenvalue weighted by atomic mass is 16.5. The van der Waals surface area contributed by atoms with Crippen LogP contribution in [0.25, 0.3) is 22.5 Å². The fraction of sp³-hybridized carbons (Fsp3) is 0.360. The van der Waals surface area contributed by atoms with Crippen molar-refractivity contribution in [2.75, 3.05) is 18.5 Å². The number of hydrogen-bond donors (Lipinski definition) is 2. The molecular weight excluding hydrogens is 432 g/mol. The summed E-state index contributed by atoms with van der Waals surface area (Å²) in [6.45, 7) is 6.64. The van der Waals surface area contributed by atoms with E-state index >= 15 is 0 Å². The second-order valence-corrected chi connectivity index (χ2v) is 8.48. The lowest BCUT2D eigenvalue weighted by Crippen LogP contribution is -2.28. The Kier molecular flexibility index (Phi) is 6.27. The first-order chi connectivity index (χ1) is 16.6. The number of nitrogens with zero attached hydrogens (tertiary/aromatic N) is 4. The molecule has 0 saturated carbocycles. The van der Waals surface area contributed by atoms with Gasteiger partial charge in [0.25, 0.3) is 5.91 Å². The van der Waals surface area contributed by atoms with Crippen LogP contribution in [0.4, 0.5) is 5.69 Å². The molecule has 4 aromatic rings. The smallest absolute Gasteiger partial charge is 0.273 e. The number of rotatable bonds is 7. The van der Waals surface area contributed by atoms with E-state index in [1.165, 1.54) is 11.8 Å². The molecule has 1 fully saturated rings. The first-order valence-electron chi connectivity index (χ1n) is 11.6. The first kappa shape index (κ1) is 22.1. The molecular formula is C25H28N6O3. The van der Waals surface area contributed by atoms with Gasteiger partial charge in [0.05, 0.1) is 22.8 Å². The molecule has 3 aromatic heterocycles. The van der Waals surface area contributed by atoms with E-state index in [0.717, 1.165) is 54.9 Å². The highest BCUT2D eigenvalue weighted by Gasteiger charge is 2.23. The minimum absolute atomic E-state index is 0.225. The predicted octanol–water partition coefficient (Wildman–Crippen LogP) is 3.94. The van der Waals surface area contributed by atoms with E-state index in [2.05, 4.69) is 25.7 Å². The summed E-state index contributed by atoms with van der Waals surface area (Å²) < 4.78 is 13.1. The monoisotopic (exact) mass is 460 g/mol. The molecule has 2 N–H and O–H groups in total. The molecule has 1 aliphatic heterocycles. The van der Waals surface area contributed by atoms with E-state index in [-0.39, 0.29) is 17.6 Å². The Morgan fingerprint density at radius 3 is 2.74 bits per heavy atom. The highest BCUT2D eigenvalue weighted by Crippen LogP contribution is 2.34. The van der Waals surface area contributed by atoms with Crippen molar-refractivity contribution < 1.29 is 13.9 Å². The lowest BCUT2D eigenvalue weighted by atomic mass is 10.1. The van der Waals surface area contributed by atoms with Crippen LogP contribution in [0.3, 0.4) is 0 Å². The summed E-state index contributed by atoms with van der Waals surface area (Å²) in [4.78, 5) is 21.8. The van der Waals surface area contributed by atoms with Gasteiger partial charge in [0.1, 0.15) is 6.26 Å². The Labute approximate surface area is 197 Å². The van der Waals surface area contributed by atoms with Crippen LogP contribution in [0, 0.1) is 6.92 Å². The summed E-state index contributed by atoms with van der Waals surface area (Å²) >= 11 is 0. The Morgan fingerprint density at radius 1 is 1.18 bits per heavy atom. The Balaban J connectivity index is 1.41. The van der Waals surface area contributed by atoms with Gasteiger partial charge in [-0.25, -0.2) is 14.6 Å². The van der Waals surface area contributed by atoms with Crippen LogP contribution < -0.4 is 10.6 Å². The molecule has 176 valence electrons. The van der Waals surface area contributed by atoms with Gasteiger partial charge < -0.3 is 19.8 Å². The minimum atomic E-state index is -0.289. The molecule has 34 heavy (non-hydrogen) atoms. The number of benzene rings is 1. The third kappa shape index (κ3) is 4.51. The van der Waals surface area contributed by atoms with E-state index in [9.17, 15) is 4.79 Å². The summed E-state index contributed by atoms with van der Waals surface area (Å²) in [5, 5.41) is 11.9. The number of carbonyl (C=O) groups is 1. The van der Waals surface area contributed by atoms with E-state index in [0.29, 0.717) is 18.0 Å². The predicted molar refractivity (Wildman–Crippen MR) is 129 cm³/mol. The van der Waals surface area contributed by atoms with Gasteiger partial charge in [-0.05, 0) is 32.3 Å². The number of anilines is 1. The van der Waals surface area contributed by atoms with Crippen LogP contribution in [0.2, 0.25) is 0 Å². The summed E-state index contributed by atoms with van der Waals surface area (Å²) in [5.74, 6) is 0.0519. The van der Waals surface area contributed by atoms with Crippen molar-refractivity contribution in [2.24, 2.45) is 0 Å². The van der Waals surface area contributed by atoms with E-state index in [1.807, 2.05) is 49.0 Å². The Hall–Kier alpha value is -3.72. The normalized spacial score (nSPS) is 14.4. The van der Waals surface area contributed by atoms with Crippen LogP contribution >= 0.6 is 0 Å². The van der Waals surface area contributed by atoms with Gasteiger partial charge in [-0.15, -0.1) is 0 Å². The van der Waals surface area contributed by atoms with Crippen molar-refractivity contribution in [1.29, 1.82) is 0 Å². The first-order valence-corrected chi connectivity index (χ1v) is 11.6. The molecule has 5 rings (SSSR count). The summed E-state index contributed by atoms with van der Waals surface area (Å²) in [6, 6.07) is 8.29. The maximum absolute atomic E-state index is 12.7. The number of aromatic nitrogens is 4. The summed E-state index contributed by atoms with van der Waals surface area (Å²) in [7, 11) is 0. The Morgan fingerprint density at radius 2 is 1.97 bits per heavy atom. The zero-order valence-electron chi connectivity index (χ0n) is 19.4. The lowest BCUT2D eigenvalue weighted by Gasteiger charge is -2.25. The summed E-state index contributed by atoms with van der Waals surface area (Å²) in [5.41, 5.74) is 4.79. The highest BCUT2D eigenvalue weighted by molar-refractivity contribution is 5.97. The molecule has 0 unspecified atom stereocenters. The van der Waals surface area contributed by atoms with Gasteiger partial charge in [0, 0.05) is 38.5 Å². The van der Waals surface area contributed by atoms with Crippen LogP contribution in [-0.2, 0) is 17.8 Å². The fourth-order valence-corrected chi connectivity index (χ4v) is 4.10. The average Bonchev–Trinajstić information content (AvgIpc) is 3.52. The third-order valence-corrected chi connectivity index (χ3v) is 6.08. The molecule has 9 nitrogen and oxygen atoms in total. The maximum Gasteiger partial charge on any atom is 0.273 e. The van der Waals surface area contributed by atoms with Crippen LogP contribution in [-0.4, -0.2) is 44.9 Å². The number of fused-ring (bicyclic) bond motifs is 1. The molecule has 0 aliphatic carbocycles. The standard InChI is InChI=1S/C25H28N6O3/c1-3-31-23-19(14-28-31)22(29-18-8-10-33-11-9-18)20(13-26-23)25-30-21(15-34-25)24(32)27-12-17-6-4-16(2)5-7-17/h4-7,13-15,18H,3,8-12H2,1-2H3,(H,26,29)(H,27,32). The van der Waals surface area contributed by atoms with Crippen LogP contribution in [0.1, 0.15) is 41.4 Å². The van der Waals surface area contributed by atoms with Crippen molar-refractivity contribution in [3.05, 3.63) is 59.7 Å². The number of carbonyl (C=O) groups excluding carboxylic acids is 1. The Bertz CT molecular complexity index is 1290. The van der Waals surface area contributed by atoms with Gasteiger partial charge in [0.2, 0.25) is 5.89 Å². The minimum Gasteiger partial charge on any atom is -0.443 e. The average molecular weight is 461 g/mol.